The number of carbonyl (C=O) groups is 2. The number of hydrogen-bond acceptors (Lipinski definition) is 4. The van der Waals surface area contributed by atoms with E-state index in [0.29, 0.717) is 25.6 Å². The summed E-state index contributed by atoms with van der Waals surface area (Å²) in [6, 6.07) is 0.168. The Balaban J connectivity index is 1.86. The first kappa shape index (κ1) is 13.3. The van der Waals surface area contributed by atoms with Crippen LogP contribution in [0.15, 0.2) is 0 Å². The summed E-state index contributed by atoms with van der Waals surface area (Å²) in [5.41, 5.74) is 0. The molecule has 0 aromatic heterocycles. The number of carbonyl (C=O) groups excluding carboxylic acids is 2. The number of amides is 3. The topological polar surface area (TPSA) is 72.9 Å². The van der Waals surface area contributed by atoms with Gasteiger partial charge < -0.3 is 10.4 Å². The van der Waals surface area contributed by atoms with Crippen molar-refractivity contribution in [3.05, 3.63) is 0 Å². The van der Waals surface area contributed by atoms with Crippen LogP contribution >= 0.6 is 0 Å². The van der Waals surface area contributed by atoms with Crippen molar-refractivity contribution in [2.45, 2.75) is 31.7 Å². The normalized spacial score (nSPS) is 20.1. The molecule has 2 fully saturated rings. The lowest BCUT2D eigenvalue weighted by molar-refractivity contribution is -0.129. The highest BCUT2D eigenvalue weighted by atomic mass is 16.3. The van der Waals surface area contributed by atoms with Crippen LogP contribution in [0.25, 0.3) is 0 Å². The van der Waals surface area contributed by atoms with Crippen molar-refractivity contribution in [3.8, 4) is 0 Å². The average Bonchev–Trinajstić information content (AvgIpc) is 2.69. The van der Waals surface area contributed by atoms with Crippen molar-refractivity contribution in [1.82, 2.24) is 15.1 Å². The summed E-state index contributed by atoms with van der Waals surface area (Å²) in [6.45, 7) is 2.17. The fraction of sp³-hybridized carbons (Fsp3) is 0.833. The number of urea groups is 1. The van der Waals surface area contributed by atoms with Crippen LogP contribution in [0.3, 0.4) is 0 Å². The Morgan fingerprint density at radius 2 is 2.28 bits per heavy atom. The third-order valence-electron chi connectivity index (χ3n) is 3.69. The maximum Gasteiger partial charge on any atom is 0.324 e. The van der Waals surface area contributed by atoms with Gasteiger partial charge in [0.2, 0.25) is 5.91 Å². The lowest BCUT2D eigenvalue weighted by Crippen LogP contribution is -2.48. The van der Waals surface area contributed by atoms with Crippen molar-refractivity contribution in [3.63, 3.8) is 0 Å². The van der Waals surface area contributed by atoms with Crippen LogP contribution in [0.5, 0.6) is 0 Å². The Kier molecular flexibility index (Phi) is 4.54. The van der Waals surface area contributed by atoms with Gasteiger partial charge in [0, 0.05) is 32.3 Å². The minimum atomic E-state index is -0.282. The second-order valence-electron chi connectivity index (χ2n) is 4.91. The molecule has 0 aromatic carbocycles. The monoisotopic (exact) mass is 255 g/mol. The lowest BCUT2D eigenvalue weighted by atomic mass is 9.91. The van der Waals surface area contributed by atoms with Crippen molar-refractivity contribution in [2.75, 3.05) is 32.8 Å². The molecule has 2 N–H and O–H groups in total. The molecule has 0 aromatic rings. The number of imide groups is 1. The van der Waals surface area contributed by atoms with Crippen molar-refractivity contribution in [2.24, 2.45) is 0 Å². The molecule has 1 heterocycles. The Morgan fingerprint density at radius 1 is 1.50 bits per heavy atom. The summed E-state index contributed by atoms with van der Waals surface area (Å²) in [4.78, 5) is 26.8. The summed E-state index contributed by atoms with van der Waals surface area (Å²) in [6.07, 6.45) is 4.12. The molecule has 2 aliphatic rings. The lowest BCUT2D eigenvalue weighted by Gasteiger charge is -2.37. The molecule has 3 amide bonds. The van der Waals surface area contributed by atoms with Gasteiger partial charge in [-0.25, -0.2) is 4.79 Å². The predicted octanol–water partition coefficient (Wildman–Crippen LogP) is -0.225. The van der Waals surface area contributed by atoms with Gasteiger partial charge >= 0.3 is 6.03 Å². The highest BCUT2D eigenvalue weighted by Gasteiger charge is 2.31. The number of hydrogen-bond donors (Lipinski definition) is 2. The summed E-state index contributed by atoms with van der Waals surface area (Å²) in [7, 11) is 0. The summed E-state index contributed by atoms with van der Waals surface area (Å²) < 4.78 is 0. The van der Waals surface area contributed by atoms with E-state index < -0.39 is 0 Å². The number of nitrogens with one attached hydrogen (secondary N) is 1. The maximum atomic E-state index is 12.0. The van der Waals surface area contributed by atoms with Crippen LogP contribution in [-0.2, 0) is 4.79 Å². The van der Waals surface area contributed by atoms with E-state index in [2.05, 4.69) is 10.2 Å². The van der Waals surface area contributed by atoms with E-state index in [0.717, 1.165) is 19.4 Å². The third-order valence-corrected chi connectivity index (χ3v) is 3.69. The maximum absolute atomic E-state index is 12.0. The summed E-state index contributed by atoms with van der Waals surface area (Å²) in [5.74, 6) is -0.130. The van der Waals surface area contributed by atoms with E-state index in [1.165, 1.54) is 11.3 Å². The van der Waals surface area contributed by atoms with Gasteiger partial charge in [-0.3, -0.25) is 14.6 Å². The van der Waals surface area contributed by atoms with E-state index in [-0.39, 0.29) is 25.1 Å². The molecule has 2 rings (SSSR count). The Bertz CT molecular complexity index is 318. The van der Waals surface area contributed by atoms with Crippen LogP contribution in [0.4, 0.5) is 4.79 Å². The molecule has 1 aliphatic heterocycles. The van der Waals surface area contributed by atoms with Gasteiger partial charge in [0.15, 0.2) is 0 Å². The van der Waals surface area contributed by atoms with Gasteiger partial charge in [0.1, 0.15) is 0 Å². The number of rotatable bonds is 6. The Morgan fingerprint density at radius 3 is 2.78 bits per heavy atom. The van der Waals surface area contributed by atoms with E-state index in [1.807, 2.05) is 0 Å². The Hall–Kier alpha value is -1.14. The molecular weight excluding hydrogens is 234 g/mol. The molecule has 1 saturated carbocycles. The zero-order chi connectivity index (χ0) is 13.0. The minimum absolute atomic E-state index is 0.130. The quantitative estimate of drug-likeness (QED) is 0.688. The second-order valence-corrected chi connectivity index (χ2v) is 4.91. The van der Waals surface area contributed by atoms with Gasteiger partial charge in [-0.05, 0) is 19.3 Å². The molecular formula is C12H21N3O3. The first-order valence-corrected chi connectivity index (χ1v) is 6.65. The standard InChI is InChI=1S/C12H21N3O3/c16-8-2-6-14(10-3-1-4-10)9-11(17)15-7-5-13-12(15)18/h10,16H,1-9H2,(H,13,18). The molecule has 1 saturated heterocycles. The average molecular weight is 255 g/mol. The van der Waals surface area contributed by atoms with Gasteiger partial charge in [0.25, 0.3) is 0 Å². The van der Waals surface area contributed by atoms with Crippen molar-refractivity contribution < 1.29 is 14.7 Å². The predicted molar refractivity (Wildman–Crippen MR) is 66.0 cm³/mol. The van der Waals surface area contributed by atoms with E-state index in [1.54, 1.807) is 0 Å². The smallest absolute Gasteiger partial charge is 0.324 e. The number of nitrogens with zero attached hydrogens (tertiary/aromatic N) is 2. The van der Waals surface area contributed by atoms with Crippen LogP contribution in [0.2, 0.25) is 0 Å². The van der Waals surface area contributed by atoms with Gasteiger partial charge in [-0.2, -0.15) is 0 Å². The largest absolute Gasteiger partial charge is 0.396 e. The zero-order valence-electron chi connectivity index (χ0n) is 10.6. The third kappa shape index (κ3) is 3.00. The highest BCUT2D eigenvalue weighted by Crippen LogP contribution is 2.24. The van der Waals surface area contributed by atoms with Crippen LogP contribution in [0.1, 0.15) is 25.7 Å². The van der Waals surface area contributed by atoms with E-state index in [9.17, 15) is 9.59 Å². The molecule has 1 aliphatic carbocycles. The summed E-state index contributed by atoms with van der Waals surface area (Å²) in [5, 5.41) is 11.5. The van der Waals surface area contributed by atoms with Crippen LogP contribution in [-0.4, -0.2) is 65.7 Å². The van der Waals surface area contributed by atoms with E-state index in [4.69, 9.17) is 5.11 Å². The fourth-order valence-electron chi connectivity index (χ4n) is 2.39. The molecule has 18 heavy (non-hydrogen) atoms. The molecule has 0 spiro atoms. The number of aliphatic hydroxyl groups is 1. The molecule has 0 atom stereocenters. The Labute approximate surface area is 107 Å². The molecule has 0 bridgehead atoms. The van der Waals surface area contributed by atoms with Crippen molar-refractivity contribution in [1.29, 1.82) is 0 Å². The van der Waals surface area contributed by atoms with Gasteiger partial charge in [0.05, 0.1) is 6.54 Å². The number of aliphatic hydroxyl groups excluding tert-OH is 1. The molecule has 0 unspecified atom stereocenters. The highest BCUT2D eigenvalue weighted by molar-refractivity contribution is 5.96. The first-order chi connectivity index (χ1) is 8.72. The molecule has 0 radical (unpaired) electrons. The van der Waals surface area contributed by atoms with Crippen LogP contribution in [0, 0.1) is 0 Å². The van der Waals surface area contributed by atoms with Gasteiger partial charge in [-0.15, -0.1) is 0 Å². The SMILES string of the molecule is O=C(CN(CCCO)C1CCC1)N1CCNC1=O. The second kappa shape index (κ2) is 6.15. The molecule has 6 nitrogen and oxygen atoms in total. The zero-order valence-corrected chi connectivity index (χ0v) is 10.6. The minimum Gasteiger partial charge on any atom is -0.396 e. The van der Waals surface area contributed by atoms with Crippen LogP contribution < -0.4 is 5.32 Å². The summed E-state index contributed by atoms with van der Waals surface area (Å²) >= 11 is 0. The van der Waals surface area contributed by atoms with Gasteiger partial charge in [-0.1, -0.05) is 6.42 Å². The molecule has 6 heteroatoms. The fourth-order valence-corrected chi connectivity index (χ4v) is 2.39. The first-order valence-electron chi connectivity index (χ1n) is 6.65. The molecule has 102 valence electrons. The van der Waals surface area contributed by atoms with E-state index >= 15 is 0 Å². The van der Waals surface area contributed by atoms with Crippen molar-refractivity contribution >= 4 is 11.9 Å².